The second kappa shape index (κ2) is 12.5. The Balaban J connectivity index is 2.01. The summed E-state index contributed by atoms with van der Waals surface area (Å²) in [5, 5.41) is 0. The van der Waals surface area contributed by atoms with E-state index in [0.29, 0.717) is 25.3 Å². The van der Waals surface area contributed by atoms with Crippen LogP contribution in [0.4, 0.5) is 4.79 Å². The number of hydrogen-bond donors (Lipinski definition) is 1. The lowest BCUT2D eigenvalue weighted by molar-refractivity contribution is -0.0806. The summed E-state index contributed by atoms with van der Waals surface area (Å²) in [6.07, 6.45) is -0.656. The molecule has 1 aliphatic rings. The average molecular weight is 576 g/mol. The van der Waals surface area contributed by atoms with Gasteiger partial charge in [-0.3, -0.25) is 4.90 Å². The van der Waals surface area contributed by atoms with Crippen LogP contribution in [-0.2, 0) is 32.5 Å². The van der Waals surface area contributed by atoms with E-state index >= 15 is 0 Å². The van der Waals surface area contributed by atoms with E-state index < -0.39 is 39.6 Å². The molecule has 0 unspecified atom stereocenters. The highest BCUT2D eigenvalue weighted by molar-refractivity contribution is 7.89. The maximum atomic E-state index is 13.9. The van der Waals surface area contributed by atoms with Gasteiger partial charge in [0.25, 0.3) is 0 Å². The summed E-state index contributed by atoms with van der Waals surface area (Å²) in [5.74, 6) is 0.635. The quantitative estimate of drug-likeness (QED) is 0.434. The van der Waals surface area contributed by atoms with Gasteiger partial charge in [0, 0.05) is 19.6 Å². The molecule has 0 aliphatic carbocycles. The molecule has 10 heteroatoms. The van der Waals surface area contributed by atoms with Crippen molar-refractivity contribution in [3.63, 3.8) is 0 Å². The number of nitrogens with zero attached hydrogens (tertiary/aromatic N) is 2. The number of hydrogen-bond acceptors (Lipinski definition) is 7. The topological polar surface area (TPSA) is 111 Å². The van der Waals surface area contributed by atoms with Gasteiger partial charge in [-0.05, 0) is 82.3 Å². The van der Waals surface area contributed by atoms with Crippen molar-refractivity contribution >= 4 is 16.1 Å². The molecule has 222 valence electrons. The van der Waals surface area contributed by atoms with E-state index in [-0.39, 0.29) is 17.4 Å². The maximum Gasteiger partial charge on any atom is 0.412 e. The van der Waals surface area contributed by atoms with E-state index in [9.17, 15) is 13.2 Å². The molecule has 2 aromatic rings. The van der Waals surface area contributed by atoms with Crippen molar-refractivity contribution in [2.75, 3.05) is 20.2 Å². The van der Waals surface area contributed by atoms with Gasteiger partial charge in [0.05, 0.1) is 24.2 Å². The second-order valence-electron chi connectivity index (χ2n) is 12.1. The van der Waals surface area contributed by atoms with Crippen LogP contribution >= 0.6 is 0 Å². The summed E-state index contributed by atoms with van der Waals surface area (Å²) in [4.78, 5) is 15.3. The van der Waals surface area contributed by atoms with Crippen LogP contribution in [0.25, 0.3) is 0 Å². The summed E-state index contributed by atoms with van der Waals surface area (Å²) in [7, 11) is -2.33. The molecule has 1 amide bonds. The monoisotopic (exact) mass is 575 g/mol. The van der Waals surface area contributed by atoms with Crippen molar-refractivity contribution < 1.29 is 27.4 Å². The molecule has 1 aliphatic heterocycles. The van der Waals surface area contributed by atoms with Crippen LogP contribution < -0.4 is 10.5 Å². The molecule has 1 saturated heterocycles. The van der Waals surface area contributed by atoms with Crippen LogP contribution in [0.3, 0.4) is 0 Å². The molecule has 9 nitrogen and oxygen atoms in total. The Morgan fingerprint density at radius 2 is 1.65 bits per heavy atom. The maximum absolute atomic E-state index is 13.9. The third kappa shape index (κ3) is 7.75. The predicted octanol–water partition coefficient (Wildman–Crippen LogP) is 4.78. The summed E-state index contributed by atoms with van der Waals surface area (Å²) in [5.41, 5.74) is 6.03. The fourth-order valence-corrected chi connectivity index (χ4v) is 6.56. The minimum atomic E-state index is -3.87. The molecule has 3 rings (SSSR count). The number of nitrogens with two attached hydrogens (primary N) is 1. The minimum Gasteiger partial charge on any atom is -0.497 e. The van der Waals surface area contributed by atoms with E-state index in [1.165, 1.54) is 11.4 Å². The molecule has 0 radical (unpaired) electrons. The first-order chi connectivity index (χ1) is 18.6. The van der Waals surface area contributed by atoms with Gasteiger partial charge >= 0.3 is 6.09 Å². The zero-order valence-corrected chi connectivity index (χ0v) is 25.8. The Morgan fingerprint density at radius 3 is 2.15 bits per heavy atom. The molecule has 1 heterocycles. The van der Waals surface area contributed by atoms with Gasteiger partial charge in [0.2, 0.25) is 10.0 Å². The Morgan fingerprint density at radius 1 is 1.07 bits per heavy atom. The van der Waals surface area contributed by atoms with E-state index in [2.05, 4.69) is 0 Å². The summed E-state index contributed by atoms with van der Waals surface area (Å²) in [6.45, 7) is 13.8. The van der Waals surface area contributed by atoms with Crippen molar-refractivity contribution in [2.45, 2.75) is 89.8 Å². The van der Waals surface area contributed by atoms with Crippen LogP contribution in [0.5, 0.6) is 5.75 Å². The first kappa shape index (κ1) is 31.9. The minimum absolute atomic E-state index is 0.0617. The van der Waals surface area contributed by atoms with Crippen molar-refractivity contribution in [3.8, 4) is 5.75 Å². The number of sulfonamides is 1. The Hall–Kier alpha value is -2.66. The number of methoxy groups -OCH3 is 1. The van der Waals surface area contributed by atoms with Crippen LogP contribution in [0.2, 0.25) is 0 Å². The Kier molecular flexibility index (Phi) is 9.93. The molecule has 40 heavy (non-hydrogen) atoms. The van der Waals surface area contributed by atoms with Gasteiger partial charge in [0.15, 0.2) is 0 Å². The van der Waals surface area contributed by atoms with Crippen LogP contribution in [0.1, 0.15) is 59.6 Å². The number of rotatable bonds is 10. The summed E-state index contributed by atoms with van der Waals surface area (Å²) in [6, 6.07) is 13.8. The molecule has 0 aromatic heterocycles. The average Bonchev–Trinajstić information content (AvgIpc) is 3.11. The Bertz CT molecular complexity index is 1240. The van der Waals surface area contributed by atoms with Gasteiger partial charge < -0.3 is 19.9 Å². The zero-order chi connectivity index (χ0) is 29.9. The highest BCUT2D eigenvalue weighted by Crippen LogP contribution is 2.37. The smallest absolute Gasteiger partial charge is 0.412 e. The van der Waals surface area contributed by atoms with Crippen molar-refractivity contribution in [1.29, 1.82) is 0 Å². The SMILES string of the molecule is COc1ccc(S(=O)(=O)N(CC(C)C)C[C@H]2OC(C)(C)N(C(=O)OC(C)(C)C)[C@H]2Cc2ccc(CN)cc2)cc1. The third-order valence-electron chi connectivity index (χ3n) is 6.72. The first-order valence-electron chi connectivity index (χ1n) is 13.7. The normalized spacial score (nSPS) is 19.3. The second-order valence-corrected chi connectivity index (χ2v) is 14.1. The number of amides is 1. The van der Waals surface area contributed by atoms with Gasteiger partial charge in [-0.1, -0.05) is 38.1 Å². The van der Waals surface area contributed by atoms with Crippen LogP contribution in [-0.4, -0.2) is 67.4 Å². The molecular formula is C30H45N3O6S. The molecule has 2 aromatic carbocycles. The zero-order valence-electron chi connectivity index (χ0n) is 25.0. The molecule has 0 spiro atoms. The predicted molar refractivity (Wildman–Crippen MR) is 155 cm³/mol. The largest absolute Gasteiger partial charge is 0.497 e. The summed E-state index contributed by atoms with van der Waals surface area (Å²) >= 11 is 0. The van der Waals surface area contributed by atoms with E-state index in [0.717, 1.165) is 11.1 Å². The standard InChI is InChI=1S/C30H45N3O6S/c1-21(2)19-32(40(35,36)25-15-13-24(37-8)14-16-25)20-27-26(17-22-9-11-23(18-31)12-10-22)33(30(6,7)38-27)28(34)39-29(3,4)5/h9-16,21,26-27H,17-20,31H2,1-8H3/t26-,27+/m0/s1. The van der Waals surface area contributed by atoms with E-state index in [1.807, 2.05) is 72.7 Å². The highest BCUT2D eigenvalue weighted by Gasteiger charge is 2.52. The Labute approximate surface area is 239 Å². The number of carbonyl (C=O) groups excluding carboxylic acids is 1. The third-order valence-corrected chi connectivity index (χ3v) is 8.57. The van der Waals surface area contributed by atoms with E-state index in [1.54, 1.807) is 29.2 Å². The molecule has 2 atom stereocenters. The molecular weight excluding hydrogens is 530 g/mol. The lowest BCUT2D eigenvalue weighted by atomic mass is 9.99. The first-order valence-corrected chi connectivity index (χ1v) is 15.1. The van der Waals surface area contributed by atoms with Crippen molar-refractivity contribution in [1.82, 2.24) is 9.21 Å². The fraction of sp³-hybridized carbons (Fsp3) is 0.567. The number of carbonyl (C=O) groups is 1. The van der Waals surface area contributed by atoms with E-state index in [4.69, 9.17) is 19.9 Å². The van der Waals surface area contributed by atoms with Crippen LogP contribution in [0, 0.1) is 5.92 Å². The molecule has 1 fully saturated rings. The van der Waals surface area contributed by atoms with Crippen LogP contribution in [0.15, 0.2) is 53.4 Å². The van der Waals surface area contributed by atoms with Gasteiger partial charge in [-0.15, -0.1) is 0 Å². The lowest BCUT2D eigenvalue weighted by Crippen LogP contribution is -2.52. The fourth-order valence-electron chi connectivity index (χ4n) is 4.95. The van der Waals surface area contributed by atoms with Gasteiger partial charge in [0.1, 0.15) is 17.1 Å². The number of benzene rings is 2. The number of ether oxygens (including phenoxy) is 3. The molecule has 0 bridgehead atoms. The highest BCUT2D eigenvalue weighted by atomic mass is 32.2. The lowest BCUT2D eigenvalue weighted by Gasteiger charge is -2.35. The van der Waals surface area contributed by atoms with Crippen molar-refractivity contribution in [2.24, 2.45) is 11.7 Å². The van der Waals surface area contributed by atoms with Gasteiger partial charge in [-0.2, -0.15) is 4.31 Å². The van der Waals surface area contributed by atoms with Gasteiger partial charge in [-0.25, -0.2) is 13.2 Å². The van der Waals surface area contributed by atoms with Crippen molar-refractivity contribution in [3.05, 3.63) is 59.7 Å². The molecule has 0 saturated carbocycles. The molecule has 2 N–H and O–H groups in total. The summed E-state index contributed by atoms with van der Waals surface area (Å²) < 4.78 is 46.7.